The molecule has 0 radical (unpaired) electrons. The zero-order chi connectivity index (χ0) is 6.85. The number of pyridine rings is 1. The van der Waals surface area contributed by atoms with E-state index in [0.29, 0.717) is 5.02 Å². The summed E-state index contributed by atoms with van der Waals surface area (Å²) >= 11 is 9.75. The number of nitrogens with zero attached hydrogens (tertiary/aromatic N) is 1. The number of hydrogen-bond acceptors (Lipinski definition) is 2. The summed E-state index contributed by atoms with van der Waals surface area (Å²) in [6.07, 6.45) is 1.64. The maximum atomic E-state index is 5.70. The molecule has 0 atom stereocenters. The summed E-state index contributed by atoms with van der Waals surface area (Å²) < 4.78 is 0. The van der Waals surface area contributed by atoms with E-state index in [9.17, 15) is 0 Å². The fourth-order valence-corrected chi connectivity index (χ4v) is 0.848. The van der Waals surface area contributed by atoms with Gasteiger partial charge >= 0.3 is 0 Å². The topological polar surface area (TPSA) is 12.9 Å². The molecule has 1 aromatic heterocycles. The van der Waals surface area contributed by atoms with Crippen molar-refractivity contribution in [1.82, 2.24) is 4.98 Å². The van der Waals surface area contributed by atoms with Gasteiger partial charge in [0.05, 0.1) is 5.02 Å². The molecular weight excluding hydrogens is 154 g/mol. The highest BCUT2D eigenvalue weighted by Crippen LogP contribution is 2.18. The number of rotatable bonds is 0. The van der Waals surface area contributed by atoms with Crippen LogP contribution in [0.4, 0.5) is 0 Å². The molecule has 1 aromatic rings. The molecule has 1 nitrogen and oxygen atoms in total. The van der Waals surface area contributed by atoms with Gasteiger partial charge in [0, 0.05) is 16.8 Å². The summed E-state index contributed by atoms with van der Waals surface area (Å²) in [5, 5.41) is 0.658. The Morgan fingerprint density at radius 3 is 2.78 bits per heavy atom. The maximum absolute atomic E-state index is 5.70. The van der Waals surface area contributed by atoms with Gasteiger partial charge in [-0.25, -0.2) is 0 Å². The van der Waals surface area contributed by atoms with Crippen LogP contribution in [0.3, 0.4) is 0 Å². The van der Waals surface area contributed by atoms with Crippen molar-refractivity contribution in [3.05, 3.63) is 23.0 Å². The molecule has 0 aromatic carbocycles. The van der Waals surface area contributed by atoms with E-state index >= 15 is 0 Å². The van der Waals surface area contributed by atoms with E-state index in [2.05, 4.69) is 17.6 Å². The molecule has 1 rings (SSSR count). The molecule has 0 unspecified atom stereocenters. The summed E-state index contributed by atoms with van der Waals surface area (Å²) in [6.45, 7) is 1.89. The van der Waals surface area contributed by atoms with Gasteiger partial charge in [-0.15, -0.1) is 12.6 Å². The third-order valence-corrected chi connectivity index (χ3v) is 1.77. The van der Waals surface area contributed by atoms with Gasteiger partial charge in [0.25, 0.3) is 0 Å². The van der Waals surface area contributed by atoms with Crippen molar-refractivity contribution >= 4 is 24.2 Å². The Morgan fingerprint density at radius 1 is 1.67 bits per heavy atom. The zero-order valence-electron chi connectivity index (χ0n) is 4.93. The van der Waals surface area contributed by atoms with Crippen molar-refractivity contribution in [3.8, 4) is 0 Å². The monoisotopic (exact) mass is 159 g/mol. The van der Waals surface area contributed by atoms with Crippen molar-refractivity contribution in [3.63, 3.8) is 0 Å². The Hall–Kier alpha value is -0.210. The minimum Gasteiger partial charge on any atom is -0.260 e. The van der Waals surface area contributed by atoms with Gasteiger partial charge in [-0.2, -0.15) is 0 Å². The standard InChI is InChI=1S/C6H6ClNS/c1-4-2-5(7)6(9)3-8-4/h2-3,9H,1H3. The van der Waals surface area contributed by atoms with Crippen molar-refractivity contribution in [2.75, 3.05) is 0 Å². The lowest BCUT2D eigenvalue weighted by Gasteiger charge is -1.94. The average Bonchev–Trinajstić information content (AvgIpc) is 1.80. The lowest BCUT2D eigenvalue weighted by atomic mass is 10.4. The fraction of sp³-hybridized carbons (Fsp3) is 0.167. The zero-order valence-corrected chi connectivity index (χ0v) is 6.58. The van der Waals surface area contributed by atoms with E-state index in [1.807, 2.05) is 6.92 Å². The van der Waals surface area contributed by atoms with E-state index in [1.165, 1.54) is 0 Å². The summed E-state index contributed by atoms with van der Waals surface area (Å²) in [4.78, 5) is 4.70. The largest absolute Gasteiger partial charge is 0.260 e. The molecule has 0 saturated carbocycles. The van der Waals surface area contributed by atoms with E-state index < -0.39 is 0 Å². The Balaban J connectivity index is 3.17. The van der Waals surface area contributed by atoms with Crippen LogP contribution in [0.2, 0.25) is 5.02 Å². The number of hydrogen-bond donors (Lipinski definition) is 1. The van der Waals surface area contributed by atoms with Gasteiger partial charge < -0.3 is 0 Å². The molecule has 1 heterocycles. The minimum absolute atomic E-state index is 0.658. The van der Waals surface area contributed by atoms with Crippen LogP contribution in [-0.4, -0.2) is 4.98 Å². The molecule has 48 valence electrons. The molecular formula is C6H6ClNS. The van der Waals surface area contributed by atoms with E-state index in [1.54, 1.807) is 12.3 Å². The van der Waals surface area contributed by atoms with Crippen LogP contribution in [0.25, 0.3) is 0 Å². The van der Waals surface area contributed by atoms with Crippen LogP contribution in [-0.2, 0) is 0 Å². The lowest BCUT2D eigenvalue weighted by molar-refractivity contribution is 1.15. The second-order valence-corrected chi connectivity index (χ2v) is 2.67. The second kappa shape index (κ2) is 2.58. The highest BCUT2D eigenvalue weighted by Gasteiger charge is 1.93. The van der Waals surface area contributed by atoms with Crippen molar-refractivity contribution in [1.29, 1.82) is 0 Å². The lowest BCUT2D eigenvalue weighted by Crippen LogP contribution is -1.79. The summed E-state index contributed by atoms with van der Waals surface area (Å²) in [5.74, 6) is 0. The Labute approximate surface area is 64.5 Å². The highest BCUT2D eigenvalue weighted by molar-refractivity contribution is 7.80. The predicted molar refractivity (Wildman–Crippen MR) is 41.2 cm³/mol. The fourth-order valence-electron chi connectivity index (χ4n) is 0.519. The van der Waals surface area contributed by atoms with Crippen molar-refractivity contribution < 1.29 is 0 Å². The van der Waals surface area contributed by atoms with Crippen LogP contribution in [0.1, 0.15) is 5.69 Å². The minimum atomic E-state index is 0.658. The molecule has 0 N–H and O–H groups in total. The summed E-state index contributed by atoms with van der Waals surface area (Å²) in [7, 11) is 0. The van der Waals surface area contributed by atoms with Crippen LogP contribution in [0, 0.1) is 6.92 Å². The van der Waals surface area contributed by atoms with Crippen LogP contribution in [0.5, 0.6) is 0 Å². The van der Waals surface area contributed by atoms with Crippen LogP contribution in [0.15, 0.2) is 17.2 Å². The molecule has 0 aliphatic carbocycles. The molecule has 9 heavy (non-hydrogen) atoms. The molecule has 3 heteroatoms. The normalized spacial score (nSPS) is 9.67. The van der Waals surface area contributed by atoms with Crippen molar-refractivity contribution in [2.45, 2.75) is 11.8 Å². The number of aryl methyl sites for hydroxylation is 1. The highest BCUT2D eigenvalue weighted by atomic mass is 35.5. The number of halogens is 1. The molecule has 0 aliphatic rings. The number of thiol groups is 1. The first kappa shape index (κ1) is 6.90. The number of aromatic nitrogens is 1. The van der Waals surface area contributed by atoms with Gasteiger partial charge in [-0.3, -0.25) is 4.98 Å². The Bertz CT molecular complexity index is 224. The van der Waals surface area contributed by atoms with Gasteiger partial charge in [-0.1, -0.05) is 11.6 Å². The van der Waals surface area contributed by atoms with E-state index in [-0.39, 0.29) is 0 Å². The molecule has 0 bridgehead atoms. The maximum Gasteiger partial charge on any atom is 0.0572 e. The summed E-state index contributed by atoms with van der Waals surface area (Å²) in [5.41, 5.74) is 0.915. The van der Waals surface area contributed by atoms with Gasteiger partial charge in [0.15, 0.2) is 0 Å². The molecule has 0 fully saturated rings. The molecule has 0 spiro atoms. The third-order valence-electron chi connectivity index (χ3n) is 0.971. The first-order valence-electron chi connectivity index (χ1n) is 2.51. The van der Waals surface area contributed by atoms with Crippen LogP contribution < -0.4 is 0 Å². The molecule has 0 amide bonds. The molecule has 0 saturated heterocycles. The van der Waals surface area contributed by atoms with Crippen molar-refractivity contribution in [2.24, 2.45) is 0 Å². The first-order valence-corrected chi connectivity index (χ1v) is 3.34. The van der Waals surface area contributed by atoms with Crippen LogP contribution >= 0.6 is 24.2 Å². The van der Waals surface area contributed by atoms with Gasteiger partial charge in [0.2, 0.25) is 0 Å². The Morgan fingerprint density at radius 2 is 2.33 bits per heavy atom. The van der Waals surface area contributed by atoms with Gasteiger partial charge in [0.1, 0.15) is 0 Å². The van der Waals surface area contributed by atoms with Gasteiger partial charge in [-0.05, 0) is 13.0 Å². The second-order valence-electron chi connectivity index (χ2n) is 1.78. The average molecular weight is 160 g/mol. The Kier molecular flexibility index (Phi) is 1.98. The summed E-state index contributed by atoms with van der Waals surface area (Å²) in [6, 6.07) is 1.78. The smallest absolute Gasteiger partial charge is 0.0572 e. The third kappa shape index (κ3) is 1.60. The SMILES string of the molecule is Cc1cc(Cl)c(S)cn1. The van der Waals surface area contributed by atoms with E-state index in [0.717, 1.165) is 10.6 Å². The predicted octanol–water partition coefficient (Wildman–Crippen LogP) is 2.33. The molecule has 0 aliphatic heterocycles. The first-order chi connectivity index (χ1) is 4.20. The van der Waals surface area contributed by atoms with E-state index in [4.69, 9.17) is 11.6 Å². The quantitative estimate of drug-likeness (QED) is 0.574.